The third kappa shape index (κ3) is 5.67. The monoisotopic (exact) mass is 774 g/mol. The van der Waals surface area contributed by atoms with Gasteiger partial charge in [-0.3, -0.25) is 0 Å². The molecule has 0 bridgehead atoms. The first-order valence-corrected chi connectivity index (χ1v) is 20.5. The second-order valence-electron chi connectivity index (χ2n) is 15.7. The molecule has 0 saturated heterocycles. The Labute approximate surface area is 352 Å². The molecule has 0 N–H and O–H groups in total. The summed E-state index contributed by atoms with van der Waals surface area (Å²) in [6, 6.07) is 75.1. The van der Waals surface area contributed by atoms with E-state index in [0.29, 0.717) is 11.4 Å². The van der Waals surface area contributed by atoms with Gasteiger partial charge in [-0.2, -0.15) is 5.26 Å². The van der Waals surface area contributed by atoms with E-state index in [9.17, 15) is 5.26 Å². The van der Waals surface area contributed by atoms with Crippen molar-refractivity contribution in [1.29, 1.82) is 5.26 Å². The number of nitriles is 1. The number of para-hydroxylation sites is 1. The fourth-order valence-electron chi connectivity index (χ4n) is 9.29. The number of benzene rings is 10. The lowest BCUT2D eigenvalue weighted by Gasteiger charge is -2.17. The number of fused-ring (bicyclic) bond motifs is 3. The van der Waals surface area contributed by atoms with Crippen LogP contribution in [0.4, 0.5) is 0 Å². The highest BCUT2D eigenvalue weighted by Crippen LogP contribution is 2.43. The number of aromatic nitrogens is 3. The molecule has 2 aromatic heterocycles. The van der Waals surface area contributed by atoms with Gasteiger partial charge in [-0.05, 0) is 97.0 Å². The van der Waals surface area contributed by atoms with Gasteiger partial charge in [-0.1, -0.05) is 164 Å². The first kappa shape index (κ1) is 34.6. The normalized spacial score (nSPS) is 11.6. The molecule has 12 rings (SSSR count). The second kappa shape index (κ2) is 13.9. The second-order valence-corrected chi connectivity index (χ2v) is 15.7. The molecule has 0 fully saturated rings. The van der Waals surface area contributed by atoms with Gasteiger partial charge in [0.1, 0.15) is 0 Å². The lowest BCUT2D eigenvalue weighted by Crippen LogP contribution is -1.97. The molecule has 0 aliphatic carbocycles. The summed E-state index contributed by atoms with van der Waals surface area (Å²) in [7, 11) is 0. The minimum Gasteiger partial charge on any atom is -0.309 e. The SMILES string of the molecule is N#Cc1ccc2c3ccc(-c4ccc(-c5ccc6ccc7c(-c8nc(-c9ccccc9)cc(-c9ccccc9)n8)ccc8ccc5c6c87)cc4)cc3n(-c3ccccc3)c2c1. The average molecular weight is 775 g/mol. The van der Waals surface area contributed by atoms with Crippen molar-refractivity contribution in [3.05, 3.63) is 212 Å². The van der Waals surface area contributed by atoms with Gasteiger partial charge >= 0.3 is 0 Å². The van der Waals surface area contributed by atoms with Crippen LogP contribution in [0.15, 0.2) is 206 Å². The van der Waals surface area contributed by atoms with Gasteiger partial charge in [0.25, 0.3) is 0 Å². The third-order valence-electron chi connectivity index (χ3n) is 12.2. The zero-order valence-corrected chi connectivity index (χ0v) is 32.9. The predicted molar refractivity (Wildman–Crippen MR) is 252 cm³/mol. The predicted octanol–water partition coefficient (Wildman–Crippen LogP) is 14.7. The summed E-state index contributed by atoms with van der Waals surface area (Å²) in [4.78, 5) is 10.4. The molecule has 12 aromatic rings. The Bertz CT molecular complexity index is 3620. The van der Waals surface area contributed by atoms with Gasteiger partial charge in [0.15, 0.2) is 5.82 Å². The number of hydrogen-bond acceptors (Lipinski definition) is 3. The Morgan fingerprint density at radius 2 is 0.869 bits per heavy atom. The van der Waals surface area contributed by atoms with E-state index >= 15 is 0 Å². The maximum absolute atomic E-state index is 9.73. The standard InChI is InChI=1S/C57H34N4/c58-35-36-16-26-46-47-28-25-43(33-54(47)61(53(46)32-36)44-14-8-3-9-15-44)37-17-19-38(20-18-37)45-27-21-41-23-30-49-50(31-24-42-22-29-48(45)55(41)56(42)49)57-59-51(39-10-4-1-5-11-39)34-52(60-57)40-12-6-2-7-13-40/h1-34H. The Balaban J connectivity index is 0.973. The largest absolute Gasteiger partial charge is 0.309 e. The fourth-order valence-corrected chi connectivity index (χ4v) is 9.29. The Morgan fingerprint density at radius 3 is 1.49 bits per heavy atom. The van der Waals surface area contributed by atoms with Crippen molar-refractivity contribution in [1.82, 2.24) is 14.5 Å². The smallest absolute Gasteiger partial charge is 0.161 e. The molecule has 282 valence electrons. The van der Waals surface area contributed by atoms with Crippen molar-refractivity contribution >= 4 is 54.1 Å². The maximum Gasteiger partial charge on any atom is 0.161 e. The van der Waals surface area contributed by atoms with E-state index in [-0.39, 0.29) is 0 Å². The molecule has 0 aliphatic rings. The van der Waals surface area contributed by atoms with Crippen LogP contribution in [0.1, 0.15) is 5.56 Å². The van der Waals surface area contributed by atoms with Gasteiger partial charge in [0.05, 0.1) is 34.1 Å². The zero-order chi connectivity index (χ0) is 40.4. The van der Waals surface area contributed by atoms with E-state index in [1.807, 2.05) is 30.3 Å². The maximum atomic E-state index is 9.73. The number of hydrogen-bond donors (Lipinski definition) is 0. The van der Waals surface area contributed by atoms with Crippen LogP contribution in [0.3, 0.4) is 0 Å². The molecule has 61 heavy (non-hydrogen) atoms. The molecular weight excluding hydrogens is 741 g/mol. The summed E-state index contributed by atoms with van der Waals surface area (Å²) < 4.78 is 2.27. The van der Waals surface area contributed by atoms with Crippen LogP contribution in [0.25, 0.3) is 116 Å². The summed E-state index contributed by atoms with van der Waals surface area (Å²) in [6.45, 7) is 0. The van der Waals surface area contributed by atoms with Crippen molar-refractivity contribution in [2.24, 2.45) is 0 Å². The van der Waals surface area contributed by atoms with E-state index in [4.69, 9.17) is 9.97 Å². The van der Waals surface area contributed by atoms with Crippen molar-refractivity contribution < 1.29 is 0 Å². The lowest BCUT2D eigenvalue weighted by molar-refractivity contribution is 1.18. The topological polar surface area (TPSA) is 54.5 Å². The highest BCUT2D eigenvalue weighted by atomic mass is 15.0. The summed E-state index contributed by atoms with van der Waals surface area (Å²) in [5.41, 5.74) is 13.4. The van der Waals surface area contributed by atoms with Crippen molar-refractivity contribution in [3.63, 3.8) is 0 Å². The van der Waals surface area contributed by atoms with Gasteiger partial charge in [-0.25, -0.2) is 9.97 Å². The number of rotatable bonds is 6. The fraction of sp³-hybridized carbons (Fsp3) is 0. The van der Waals surface area contributed by atoms with Gasteiger partial charge in [0, 0.05) is 33.2 Å². The van der Waals surface area contributed by atoms with Crippen LogP contribution in [0.2, 0.25) is 0 Å². The van der Waals surface area contributed by atoms with E-state index in [1.165, 1.54) is 32.5 Å². The molecule has 0 radical (unpaired) electrons. The number of nitrogens with zero attached hydrogens (tertiary/aromatic N) is 4. The van der Waals surface area contributed by atoms with Crippen LogP contribution in [0, 0.1) is 11.3 Å². The van der Waals surface area contributed by atoms with Crippen LogP contribution in [0.5, 0.6) is 0 Å². The molecule has 0 unspecified atom stereocenters. The summed E-state index contributed by atoms with van der Waals surface area (Å²) in [6.07, 6.45) is 0. The molecular formula is C57H34N4. The minimum absolute atomic E-state index is 0.649. The van der Waals surface area contributed by atoms with Crippen LogP contribution in [-0.4, -0.2) is 14.5 Å². The van der Waals surface area contributed by atoms with Crippen molar-refractivity contribution in [2.75, 3.05) is 0 Å². The van der Waals surface area contributed by atoms with Crippen molar-refractivity contribution in [3.8, 4) is 67.9 Å². The molecule has 0 spiro atoms. The lowest BCUT2D eigenvalue weighted by atomic mass is 9.88. The van der Waals surface area contributed by atoms with E-state index < -0.39 is 0 Å². The average Bonchev–Trinajstić information content (AvgIpc) is 3.66. The Kier molecular flexibility index (Phi) is 7.88. The van der Waals surface area contributed by atoms with Gasteiger partial charge in [0.2, 0.25) is 0 Å². The molecule has 0 atom stereocenters. The third-order valence-corrected chi connectivity index (χ3v) is 12.2. The zero-order valence-electron chi connectivity index (χ0n) is 32.9. The molecule has 4 nitrogen and oxygen atoms in total. The molecule has 4 heteroatoms. The van der Waals surface area contributed by atoms with Crippen LogP contribution in [-0.2, 0) is 0 Å². The van der Waals surface area contributed by atoms with E-state index in [2.05, 4.69) is 187 Å². The summed E-state index contributed by atoms with van der Waals surface area (Å²) in [5.74, 6) is 0.711. The van der Waals surface area contributed by atoms with Gasteiger partial charge in [-0.15, -0.1) is 0 Å². The summed E-state index contributed by atoms with van der Waals surface area (Å²) >= 11 is 0. The summed E-state index contributed by atoms with van der Waals surface area (Å²) in [5, 5.41) is 19.3. The highest BCUT2D eigenvalue weighted by Gasteiger charge is 2.19. The van der Waals surface area contributed by atoms with E-state index in [1.54, 1.807) is 0 Å². The Morgan fingerprint density at radius 1 is 0.377 bits per heavy atom. The molecule has 0 amide bonds. The quantitative estimate of drug-likeness (QED) is 0.158. The van der Waals surface area contributed by atoms with Crippen LogP contribution >= 0.6 is 0 Å². The molecule has 2 heterocycles. The molecule has 0 saturated carbocycles. The molecule has 10 aromatic carbocycles. The first-order valence-electron chi connectivity index (χ1n) is 20.5. The van der Waals surface area contributed by atoms with Crippen molar-refractivity contribution in [2.45, 2.75) is 0 Å². The molecule has 0 aliphatic heterocycles. The minimum atomic E-state index is 0.649. The van der Waals surface area contributed by atoms with E-state index in [0.717, 1.165) is 77.6 Å². The Hall–Kier alpha value is -8.39. The van der Waals surface area contributed by atoms with Gasteiger partial charge < -0.3 is 4.57 Å². The van der Waals surface area contributed by atoms with Crippen LogP contribution < -0.4 is 0 Å². The first-order chi connectivity index (χ1) is 30.2. The highest BCUT2D eigenvalue weighted by molar-refractivity contribution is 6.27.